The van der Waals surface area contributed by atoms with Crippen LogP contribution in [0.3, 0.4) is 0 Å². The van der Waals surface area contributed by atoms with Crippen molar-refractivity contribution in [2.45, 2.75) is 31.6 Å². The predicted molar refractivity (Wildman–Crippen MR) is 67.4 cm³/mol. The Morgan fingerprint density at radius 1 is 1.29 bits per heavy atom. The topological polar surface area (TPSA) is 67.6 Å². The van der Waals surface area contributed by atoms with Gasteiger partial charge in [-0.3, -0.25) is 10.1 Å². The number of pyridine rings is 1. The predicted octanol–water partition coefficient (Wildman–Crippen LogP) is 2.71. The summed E-state index contributed by atoms with van der Waals surface area (Å²) < 4.78 is 0. The fraction of sp³-hybridized carbons (Fsp3) is 0.385. The molecule has 2 aromatic rings. The third-order valence-electron chi connectivity index (χ3n) is 3.54. The van der Waals surface area contributed by atoms with E-state index < -0.39 is 0 Å². The minimum absolute atomic E-state index is 0.579. The van der Waals surface area contributed by atoms with Crippen molar-refractivity contribution in [1.82, 2.24) is 15.2 Å². The Bertz CT molecular complexity index is 497. The van der Waals surface area contributed by atoms with E-state index in [2.05, 4.69) is 15.2 Å². The van der Waals surface area contributed by atoms with E-state index >= 15 is 0 Å². The van der Waals surface area contributed by atoms with Crippen molar-refractivity contribution in [3.05, 3.63) is 30.2 Å². The number of H-pyrrole nitrogens is 1. The first-order valence-electron chi connectivity index (χ1n) is 6.10. The van der Waals surface area contributed by atoms with Gasteiger partial charge in [-0.1, -0.05) is 18.9 Å². The molecule has 0 aliphatic heterocycles. The van der Waals surface area contributed by atoms with Crippen molar-refractivity contribution in [2.75, 3.05) is 5.73 Å². The first kappa shape index (κ1) is 10.3. The molecule has 0 bridgehead atoms. The van der Waals surface area contributed by atoms with Gasteiger partial charge in [0.25, 0.3) is 0 Å². The molecule has 3 rings (SSSR count). The molecule has 1 aliphatic rings. The largest absolute Gasteiger partial charge is 0.382 e. The lowest BCUT2D eigenvalue weighted by Crippen LogP contribution is -1.96. The molecule has 2 aromatic heterocycles. The van der Waals surface area contributed by atoms with Crippen molar-refractivity contribution < 1.29 is 0 Å². The van der Waals surface area contributed by atoms with E-state index in [1.54, 1.807) is 6.20 Å². The lowest BCUT2D eigenvalue weighted by atomic mass is 9.96. The SMILES string of the molecule is Nc1n[nH]c(C2CCCC2)c1-c1cccnc1. The molecular weight excluding hydrogens is 212 g/mol. The summed E-state index contributed by atoms with van der Waals surface area (Å²) in [5.41, 5.74) is 9.26. The maximum atomic E-state index is 5.97. The van der Waals surface area contributed by atoms with E-state index in [-0.39, 0.29) is 0 Å². The van der Waals surface area contributed by atoms with Crippen LogP contribution in [0.5, 0.6) is 0 Å². The van der Waals surface area contributed by atoms with Crippen LogP contribution in [0.1, 0.15) is 37.3 Å². The second-order valence-corrected chi connectivity index (χ2v) is 4.62. The average Bonchev–Trinajstić information content (AvgIpc) is 2.98. The van der Waals surface area contributed by atoms with E-state index in [0.717, 1.165) is 11.1 Å². The summed E-state index contributed by atoms with van der Waals surface area (Å²) in [7, 11) is 0. The quantitative estimate of drug-likeness (QED) is 0.830. The molecule has 4 heteroatoms. The Morgan fingerprint density at radius 3 is 2.82 bits per heavy atom. The van der Waals surface area contributed by atoms with Crippen LogP contribution in [0, 0.1) is 0 Å². The van der Waals surface area contributed by atoms with Gasteiger partial charge in [-0.15, -0.1) is 0 Å². The van der Waals surface area contributed by atoms with E-state index in [1.807, 2.05) is 18.3 Å². The van der Waals surface area contributed by atoms with E-state index in [0.29, 0.717) is 11.7 Å². The molecule has 4 nitrogen and oxygen atoms in total. The van der Waals surface area contributed by atoms with Crippen molar-refractivity contribution in [3.8, 4) is 11.1 Å². The normalized spacial score (nSPS) is 16.5. The molecule has 0 atom stereocenters. The minimum atomic E-state index is 0.579. The Morgan fingerprint density at radius 2 is 2.12 bits per heavy atom. The highest BCUT2D eigenvalue weighted by Gasteiger charge is 2.24. The molecule has 3 N–H and O–H groups in total. The van der Waals surface area contributed by atoms with Crippen LogP contribution < -0.4 is 5.73 Å². The molecular formula is C13H16N4. The molecule has 1 fully saturated rings. The molecule has 0 spiro atoms. The minimum Gasteiger partial charge on any atom is -0.382 e. The summed E-state index contributed by atoms with van der Waals surface area (Å²) in [6, 6.07) is 3.97. The molecule has 0 saturated heterocycles. The second-order valence-electron chi connectivity index (χ2n) is 4.62. The van der Waals surface area contributed by atoms with Crippen molar-refractivity contribution >= 4 is 5.82 Å². The highest BCUT2D eigenvalue weighted by atomic mass is 15.2. The number of nitrogen functional groups attached to an aromatic ring is 1. The zero-order valence-electron chi connectivity index (χ0n) is 9.69. The maximum absolute atomic E-state index is 5.97. The van der Waals surface area contributed by atoms with Crippen LogP contribution in [0.25, 0.3) is 11.1 Å². The van der Waals surface area contributed by atoms with Crippen molar-refractivity contribution in [1.29, 1.82) is 0 Å². The standard InChI is InChI=1S/C13H16N4/c14-13-11(10-6-3-7-15-8-10)12(16-17-13)9-4-1-2-5-9/h3,6-9H,1-2,4-5H2,(H3,14,16,17). The van der Waals surface area contributed by atoms with Crippen molar-refractivity contribution in [2.24, 2.45) is 0 Å². The Labute approximate surface area is 100 Å². The first-order chi connectivity index (χ1) is 8.36. The maximum Gasteiger partial charge on any atom is 0.153 e. The summed E-state index contributed by atoms with van der Waals surface area (Å²) in [6.45, 7) is 0. The lowest BCUT2D eigenvalue weighted by molar-refractivity contribution is 0.694. The van der Waals surface area contributed by atoms with Gasteiger partial charge >= 0.3 is 0 Å². The van der Waals surface area contributed by atoms with Crippen molar-refractivity contribution in [3.63, 3.8) is 0 Å². The molecule has 2 heterocycles. The summed E-state index contributed by atoms with van der Waals surface area (Å²) in [5, 5.41) is 7.27. The summed E-state index contributed by atoms with van der Waals surface area (Å²) in [6.07, 6.45) is 8.69. The molecule has 1 aliphatic carbocycles. The lowest BCUT2D eigenvalue weighted by Gasteiger charge is -2.09. The van der Waals surface area contributed by atoms with Gasteiger partial charge in [-0.05, 0) is 18.9 Å². The molecule has 88 valence electrons. The highest BCUT2D eigenvalue weighted by molar-refractivity contribution is 5.76. The number of nitrogens with zero attached hydrogens (tertiary/aromatic N) is 2. The Kier molecular flexibility index (Phi) is 2.55. The average molecular weight is 228 g/mol. The van der Waals surface area contributed by atoms with Gasteiger partial charge < -0.3 is 5.73 Å². The zero-order valence-corrected chi connectivity index (χ0v) is 9.69. The Balaban J connectivity index is 2.06. The number of hydrogen-bond acceptors (Lipinski definition) is 3. The van der Waals surface area contributed by atoms with E-state index in [4.69, 9.17) is 5.73 Å². The molecule has 0 amide bonds. The van der Waals surface area contributed by atoms with E-state index in [1.165, 1.54) is 31.4 Å². The van der Waals surface area contributed by atoms with Crippen LogP contribution in [0.2, 0.25) is 0 Å². The van der Waals surface area contributed by atoms with Gasteiger partial charge in [0.2, 0.25) is 0 Å². The number of nitrogens with two attached hydrogens (primary N) is 1. The van der Waals surface area contributed by atoms with Crippen LogP contribution in [-0.2, 0) is 0 Å². The third-order valence-corrected chi connectivity index (χ3v) is 3.54. The molecule has 0 aromatic carbocycles. The van der Waals surface area contributed by atoms with Gasteiger partial charge in [0, 0.05) is 35.1 Å². The number of hydrogen-bond donors (Lipinski definition) is 2. The van der Waals surface area contributed by atoms with Crippen LogP contribution in [-0.4, -0.2) is 15.2 Å². The smallest absolute Gasteiger partial charge is 0.153 e. The molecule has 0 unspecified atom stereocenters. The van der Waals surface area contributed by atoms with Crippen LogP contribution in [0.15, 0.2) is 24.5 Å². The fourth-order valence-electron chi connectivity index (χ4n) is 2.69. The summed E-state index contributed by atoms with van der Waals surface area (Å²) in [5.74, 6) is 1.16. The van der Waals surface area contributed by atoms with Gasteiger partial charge in [0.1, 0.15) is 0 Å². The fourth-order valence-corrected chi connectivity index (χ4v) is 2.69. The number of aromatic amines is 1. The number of aromatic nitrogens is 3. The van der Waals surface area contributed by atoms with E-state index in [9.17, 15) is 0 Å². The first-order valence-corrected chi connectivity index (χ1v) is 6.10. The molecule has 17 heavy (non-hydrogen) atoms. The van der Waals surface area contributed by atoms with Gasteiger partial charge in [0.05, 0.1) is 0 Å². The van der Waals surface area contributed by atoms with Gasteiger partial charge in [-0.25, -0.2) is 0 Å². The van der Waals surface area contributed by atoms with Crippen LogP contribution >= 0.6 is 0 Å². The Hall–Kier alpha value is -1.84. The van der Waals surface area contributed by atoms with Crippen LogP contribution in [0.4, 0.5) is 5.82 Å². The summed E-state index contributed by atoms with van der Waals surface area (Å²) in [4.78, 5) is 4.15. The van der Waals surface area contributed by atoms with Gasteiger partial charge in [-0.2, -0.15) is 5.10 Å². The number of nitrogens with one attached hydrogen (secondary N) is 1. The number of rotatable bonds is 2. The zero-order chi connectivity index (χ0) is 11.7. The molecule has 1 saturated carbocycles. The number of anilines is 1. The van der Waals surface area contributed by atoms with Gasteiger partial charge in [0.15, 0.2) is 5.82 Å². The summed E-state index contributed by atoms with van der Waals surface area (Å²) >= 11 is 0. The third kappa shape index (κ3) is 1.79. The second kappa shape index (κ2) is 4.20. The highest BCUT2D eigenvalue weighted by Crippen LogP contribution is 2.39. The monoisotopic (exact) mass is 228 g/mol. The molecule has 0 radical (unpaired) electrons.